The number of carbonyl (C=O) groups is 1. The monoisotopic (exact) mass is 332 g/mol. The van der Waals surface area contributed by atoms with E-state index in [2.05, 4.69) is 4.98 Å². The van der Waals surface area contributed by atoms with Crippen molar-refractivity contribution in [2.45, 2.75) is 26.3 Å². The number of ether oxygens (including phenoxy) is 1. The third-order valence-corrected chi connectivity index (χ3v) is 4.24. The molecule has 0 unspecified atom stereocenters. The first-order valence-corrected chi connectivity index (χ1v) is 8.03. The van der Waals surface area contributed by atoms with Crippen LogP contribution in [0.2, 0.25) is 0 Å². The first-order valence-electron chi connectivity index (χ1n) is 8.03. The number of amides is 1. The third-order valence-electron chi connectivity index (χ3n) is 4.24. The lowest BCUT2D eigenvalue weighted by Gasteiger charge is -2.17. The third kappa shape index (κ3) is 2.68. The summed E-state index contributed by atoms with van der Waals surface area (Å²) >= 11 is 0. The lowest BCUT2D eigenvalue weighted by Crippen LogP contribution is -2.44. The maximum Gasteiger partial charge on any atom is 0.332 e. The number of hydrogen-bond donors (Lipinski definition) is 0. The lowest BCUT2D eigenvalue weighted by molar-refractivity contribution is -0.130. The van der Waals surface area contributed by atoms with Crippen molar-refractivity contribution in [3.63, 3.8) is 0 Å². The van der Waals surface area contributed by atoms with Gasteiger partial charge in [-0.1, -0.05) is 0 Å². The van der Waals surface area contributed by atoms with Gasteiger partial charge in [-0.05, 0) is 25.8 Å². The van der Waals surface area contributed by atoms with Gasteiger partial charge in [0.05, 0.1) is 6.61 Å². The second-order valence-corrected chi connectivity index (χ2v) is 5.76. The van der Waals surface area contributed by atoms with E-state index in [9.17, 15) is 14.4 Å². The van der Waals surface area contributed by atoms with Crippen LogP contribution in [-0.2, 0) is 18.4 Å². The molecular formula is C16H20N4O4. The van der Waals surface area contributed by atoms with E-state index >= 15 is 0 Å². The zero-order chi connectivity index (χ0) is 17.3. The van der Waals surface area contributed by atoms with Gasteiger partial charge in [0, 0.05) is 26.3 Å². The molecule has 2 aromatic rings. The fourth-order valence-electron chi connectivity index (χ4n) is 3.00. The van der Waals surface area contributed by atoms with E-state index in [1.807, 2.05) is 6.92 Å². The molecule has 0 N–H and O–H groups in total. The largest absolute Gasteiger partial charge is 0.493 e. The van der Waals surface area contributed by atoms with E-state index in [0.29, 0.717) is 25.4 Å². The molecule has 128 valence electrons. The maximum absolute atomic E-state index is 12.8. The lowest BCUT2D eigenvalue weighted by atomic mass is 10.3. The number of rotatable bonds is 4. The van der Waals surface area contributed by atoms with Crippen molar-refractivity contribution in [3.05, 3.63) is 33.1 Å². The topological polar surface area (TPSA) is 86.4 Å². The van der Waals surface area contributed by atoms with Crippen molar-refractivity contribution in [1.29, 1.82) is 0 Å². The predicted octanol–water partition coefficient (Wildman–Crippen LogP) is 0.116. The second kappa shape index (κ2) is 6.46. The Morgan fingerprint density at radius 2 is 2.00 bits per heavy atom. The minimum Gasteiger partial charge on any atom is -0.493 e. The smallest absolute Gasteiger partial charge is 0.332 e. The van der Waals surface area contributed by atoms with E-state index in [1.54, 1.807) is 11.0 Å². The van der Waals surface area contributed by atoms with Crippen LogP contribution < -0.4 is 16.0 Å². The normalized spacial score (nSPS) is 14.3. The van der Waals surface area contributed by atoms with Crippen LogP contribution in [0, 0.1) is 0 Å². The maximum atomic E-state index is 12.8. The SMILES string of the molecule is CCOc1ccnc2c1c(=O)n(CC(=O)N1CCCC1)c(=O)n2C. The molecule has 1 amide bonds. The van der Waals surface area contributed by atoms with Crippen molar-refractivity contribution in [2.24, 2.45) is 7.05 Å². The highest BCUT2D eigenvalue weighted by Crippen LogP contribution is 2.19. The van der Waals surface area contributed by atoms with Gasteiger partial charge in [-0.3, -0.25) is 14.2 Å². The molecule has 0 spiro atoms. The van der Waals surface area contributed by atoms with Crippen molar-refractivity contribution in [1.82, 2.24) is 19.0 Å². The minimum absolute atomic E-state index is 0.215. The van der Waals surface area contributed by atoms with Gasteiger partial charge >= 0.3 is 5.69 Å². The van der Waals surface area contributed by atoms with Crippen molar-refractivity contribution < 1.29 is 9.53 Å². The highest BCUT2D eigenvalue weighted by atomic mass is 16.5. The van der Waals surface area contributed by atoms with E-state index in [0.717, 1.165) is 17.4 Å². The number of nitrogens with zero attached hydrogens (tertiary/aromatic N) is 4. The molecule has 0 aromatic carbocycles. The summed E-state index contributed by atoms with van der Waals surface area (Å²) < 4.78 is 7.73. The standard InChI is InChI=1S/C16H20N4O4/c1-3-24-11-6-7-17-14-13(11)15(22)20(16(23)18(14)2)10-12(21)19-8-4-5-9-19/h6-7H,3-5,8-10H2,1-2H3. The van der Waals surface area contributed by atoms with E-state index in [1.165, 1.54) is 17.8 Å². The summed E-state index contributed by atoms with van der Waals surface area (Å²) in [4.78, 5) is 43.5. The Hall–Kier alpha value is -2.64. The van der Waals surface area contributed by atoms with Crippen LogP contribution in [0.1, 0.15) is 19.8 Å². The average Bonchev–Trinajstić information content (AvgIpc) is 3.11. The fourth-order valence-corrected chi connectivity index (χ4v) is 3.00. The molecule has 0 bridgehead atoms. The molecule has 3 rings (SSSR count). The van der Waals surface area contributed by atoms with Gasteiger partial charge in [-0.15, -0.1) is 0 Å². The number of aryl methyl sites for hydroxylation is 1. The summed E-state index contributed by atoms with van der Waals surface area (Å²) in [6.45, 7) is 3.28. The molecule has 3 heterocycles. The van der Waals surface area contributed by atoms with Gasteiger partial charge in [0.2, 0.25) is 5.91 Å². The van der Waals surface area contributed by atoms with Crippen molar-refractivity contribution in [3.8, 4) is 5.75 Å². The molecule has 1 fully saturated rings. The van der Waals surface area contributed by atoms with Crippen LogP contribution in [0.25, 0.3) is 11.0 Å². The summed E-state index contributed by atoms with van der Waals surface area (Å²) in [6.07, 6.45) is 3.40. The Morgan fingerprint density at radius 3 is 2.67 bits per heavy atom. The second-order valence-electron chi connectivity index (χ2n) is 5.76. The van der Waals surface area contributed by atoms with E-state index in [-0.39, 0.29) is 23.5 Å². The van der Waals surface area contributed by atoms with E-state index in [4.69, 9.17) is 4.74 Å². The molecule has 0 atom stereocenters. The average molecular weight is 332 g/mol. The number of hydrogen-bond acceptors (Lipinski definition) is 5. The Kier molecular flexibility index (Phi) is 4.37. The summed E-state index contributed by atoms with van der Waals surface area (Å²) in [7, 11) is 1.53. The first-order chi connectivity index (χ1) is 11.5. The Morgan fingerprint density at radius 1 is 1.29 bits per heavy atom. The number of pyridine rings is 1. The van der Waals surface area contributed by atoms with Gasteiger partial charge < -0.3 is 9.64 Å². The minimum atomic E-state index is -0.554. The summed E-state index contributed by atoms with van der Waals surface area (Å²) in [5, 5.41) is 0.218. The van der Waals surface area contributed by atoms with Crippen molar-refractivity contribution in [2.75, 3.05) is 19.7 Å². The zero-order valence-corrected chi connectivity index (χ0v) is 13.8. The molecule has 1 saturated heterocycles. The number of likely N-dealkylation sites (tertiary alicyclic amines) is 1. The van der Waals surface area contributed by atoms with Crippen LogP contribution >= 0.6 is 0 Å². The molecule has 2 aromatic heterocycles. The van der Waals surface area contributed by atoms with Crippen LogP contribution in [0.3, 0.4) is 0 Å². The Bertz CT molecular complexity index is 893. The van der Waals surface area contributed by atoms with Gasteiger partial charge in [-0.2, -0.15) is 0 Å². The molecule has 8 nitrogen and oxygen atoms in total. The predicted molar refractivity (Wildman–Crippen MR) is 88.2 cm³/mol. The Balaban J connectivity index is 2.14. The quantitative estimate of drug-likeness (QED) is 0.793. The number of carbonyl (C=O) groups excluding carboxylic acids is 1. The zero-order valence-electron chi connectivity index (χ0n) is 13.8. The molecule has 0 saturated carbocycles. The molecule has 8 heteroatoms. The number of aromatic nitrogens is 3. The number of fused-ring (bicyclic) bond motifs is 1. The highest BCUT2D eigenvalue weighted by Gasteiger charge is 2.22. The highest BCUT2D eigenvalue weighted by molar-refractivity contribution is 5.82. The summed E-state index contributed by atoms with van der Waals surface area (Å²) in [5.41, 5.74) is -0.848. The summed E-state index contributed by atoms with van der Waals surface area (Å²) in [5.74, 6) is 0.151. The van der Waals surface area contributed by atoms with Gasteiger partial charge in [0.15, 0.2) is 5.65 Å². The van der Waals surface area contributed by atoms with Crippen LogP contribution in [0.5, 0.6) is 5.75 Å². The Labute approximate surface area is 138 Å². The molecule has 24 heavy (non-hydrogen) atoms. The van der Waals surface area contributed by atoms with Gasteiger partial charge in [0.1, 0.15) is 17.7 Å². The van der Waals surface area contributed by atoms with Crippen molar-refractivity contribution >= 4 is 16.9 Å². The molecule has 1 aliphatic heterocycles. The van der Waals surface area contributed by atoms with Gasteiger partial charge in [-0.25, -0.2) is 14.3 Å². The van der Waals surface area contributed by atoms with Gasteiger partial charge in [0.25, 0.3) is 5.56 Å². The molecule has 0 radical (unpaired) electrons. The van der Waals surface area contributed by atoms with Crippen LogP contribution in [-0.4, -0.2) is 44.6 Å². The molecule has 0 aliphatic carbocycles. The van der Waals surface area contributed by atoms with E-state index < -0.39 is 11.2 Å². The molecular weight excluding hydrogens is 312 g/mol. The fraction of sp³-hybridized carbons (Fsp3) is 0.500. The summed E-state index contributed by atoms with van der Waals surface area (Å²) in [6, 6.07) is 1.59. The van der Waals surface area contributed by atoms with Crippen LogP contribution in [0.4, 0.5) is 0 Å². The first kappa shape index (κ1) is 16.2. The van der Waals surface area contributed by atoms with Crippen LogP contribution in [0.15, 0.2) is 21.9 Å². The molecule has 1 aliphatic rings.